The molecule has 0 saturated heterocycles. The van der Waals surface area contributed by atoms with Crippen LogP contribution in [0.15, 0.2) is 36.4 Å². The van der Waals surface area contributed by atoms with Crippen molar-refractivity contribution in [1.82, 2.24) is 0 Å². The quantitative estimate of drug-likeness (QED) is 0.881. The second kappa shape index (κ2) is 4.98. The Kier molecular flexibility index (Phi) is 3.24. The van der Waals surface area contributed by atoms with Crippen molar-refractivity contribution in [2.24, 2.45) is 0 Å². The van der Waals surface area contributed by atoms with Crippen LogP contribution in [-0.2, 0) is 0 Å². The summed E-state index contributed by atoms with van der Waals surface area (Å²) in [5.41, 5.74) is 2.07. The Bertz CT molecular complexity index is 743. The number of hydrogen-bond donors (Lipinski definition) is 2. The summed E-state index contributed by atoms with van der Waals surface area (Å²) >= 11 is 0. The minimum absolute atomic E-state index is 0.00236. The number of ether oxygens (including phenoxy) is 2. The summed E-state index contributed by atoms with van der Waals surface area (Å²) < 4.78 is 11.2. The highest BCUT2D eigenvalue weighted by molar-refractivity contribution is 5.84. The number of benzene rings is 2. The largest absolute Gasteiger partial charge is 0.508 e. The number of methoxy groups -OCH3 is 1. The lowest BCUT2D eigenvalue weighted by Gasteiger charge is -2.30. The van der Waals surface area contributed by atoms with Gasteiger partial charge in [-0.1, -0.05) is 18.2 Å². The van der Waals surface area contributed by atoms with E-state index in [0.29, 0.717) is 11.5 Å². The highest BCUT2D eigenvalue weighted by Crippen LogP contribution is 2.48. The lowest BCUT2D eigenvalue weighted by molar-refractivity contribution is 0.151. The van der Waals surface area contributed by atoms with E-state index in [-0.39, 0.29) is 11.5 Å². The molecule has 0 saturated carbocycles. The van der Waals surface area contributed by atoms with Gasteiger partial charge in [0.05, 0.1) is 7.11 Å². The van der Waals surface area contributed by atoms with Crippen LogP contribution in [0.25, 0.3) is 17.2 Å². The van der Waals surface area contributed by atoms with Crippen molar-refractivity contribution in [3.63, 3.8) is 0 Å². The lowest BCUT2D eigenvalue weighted by Crippen LogP contribution is -2.27. The molecule has 2 aromatic rings. The van der Waals surface area contributed by atoms with Gasteiger partial charge in [-0.15, -0.1) is 0 Å². The van der Waals surface area contributed by atoms with E-state index in [4.69, 9.17) is 9.47 Å². The molecule has 2 aromatic carbocycles. The van der Waals surface area contributed by atoms with Crippen molar-refractivity contribution in [3.05, 3.63) is 42.0 Å². The van der Waals surface area contributed by atoms with Crippen molar-refractivity contribution in [2.45, 2.75) is 19.4 Å². The molecule has 22 heavy (non-hydrogen) atoms. The SMILES string of the molecule is COc1cc(-c2ccc(O)cc2)c2c(c1O)OC(C)(C)C=C2. The monoisotopic (exact) mass is 298 g/mol. The van der Waals surface area contributed by atoms with Crippen molar-refractivity contribution in [1.29, 1.82) is 0 Å². The molecule has 0 unspecified atom stereocenters. The molecule has 2 N–H and O–H groups in total. The molecule has 0 aromatic heterocycles. The fourth-order valence-corrected chi connectivity index (χ4v) is 2.52. The number of aromatic hydroxyl groups is 2. The molecule has 0 amide bonds. The number of rotatable bonds is 2. The standard InChI is InChI=1S/C18H18O4/c1-18(2)9-8-13-14(11-4-6-12(19)7-5-11)10-15(21-3)16(20)17(13)22-18/h4-10,19-20H,1-3H3. The van der Waals surface area contributed by atoms with Crippen LogP contribution in [0.2, 0.25) is 0 Å². The second-order valence-corrected chi connectivity index (χ2v) is 5.80. The Balaban J connectivity index is 2.25. The number of fused-ring (bicyclic) bond motifs is 1. The van der Waals surface area contributed by atoms with Gasteiger partial charge in [-0.05, 0) is 49.2 Å². The highest BCUT2D eigenvalue weighted by Gasteiger charge is 2.28. The van der Waals surface area contributed by atoms with Gasteiger partial charge < -0.3 is 19.7 Å². The molecule has 1 heterocycles. The van der Waals surface area contributed by atoms with E-state index in [1.165, 1.54) is 7.11 Å². The number of phenols is 2. The molecule has 114 valence electrons. The Morgan fingerprint density at radius 2 is 1.77 bits per heavy atom. The maximum absolute atomic E-state index is 10.4. The fraction of sp³-hybridized carbons (Fsp3) is 0.222. The third-order valence-electron chi connectivity index (χ3n) is 3.67. The first-order valence-corrected chi connectivity index (χ1v) is 7.03. The van der Waals surface area contributed by atoms with Crippen LogP contribution in [0.5, 0.6) is 23.0 Å². The minimum Gasteiger partial charge on any atom is -0.508 e. The molecule has 0 radical (unpaired) electrons. The van der Waals surface area contributed by atoms with Gasteiger partial charge in [-0.2, -0.15) is 0 Å². The molecular formula is C18H18O4. The molecule has 4 nitrogen and oxygen atoms in total. The van der Waals surface area contributed by atoms with E-state index in [2.05, 4.69) is 0 Å². The fourth-order valence-electron chi connectivity index (χ4n) is 2.52. The van der Waals surface area contributed by atoms with Crippen molar-refractivity contribution in [3.8, 4) is 34.1 Å². The Labute approximate surface area is 129 Å². The van der Waals surface area contributed by atoms with Gasteiger partial charge in [0.15, 0.2) is 11.5 Å². The third-order valence-corrected chi connectivity index (χ3v) is 3.67. The molecule has 0 atom stereocenters. The minimum atomic E-state index is -0.497. The molecule has 4 heteroatoms. The molecule has 0 fully saturated rings. The first kappa shape index (κ1) is 14.3. The van der Waals surface area contributed by atoms with E-state index in [0.717, 1.165) is 16.7 Å². The van der Waals surface area contributed by atoms with Crippen LogP contribution in [0.3, 0.4) is 0 Å². The zero-order valence-electron chi connectivity index (χ0n) is 12.8. The molecule has 1 aliphatic rings. The van der Waals surface area contributed by atoms with Gasteiger partial charge in [0.2, 0.25) is 5.75 Å². The van der Waals surface area contributed by atoms with Crippen LogP contribution in [0.4, 0.5) is 0 Å². The van der Waals surface area contributed by atoms with Crippen LogP contribution < -0.4 is 9.47 Å². The summed E-state index contributed by atoms with van der Waals surface area (Å²) in [5, 5.41) is 19.8. The Hall–Kier alpha value is -2.62. The van der Waals surface area contributed by atoms with E-state index in [9.17, 15) is 10.2 Å². The van der Waals surface area contributed by atoms with E-state index in [1.54, 1.807) is 18.2 Å². The van der Waals surface area contributed by atoms with Crippen LogP contribution in [-0.4, -0.2) is 22.9 Å². The van der Waals surface area contributed by atoms with Crippen LogP contribution >= 0.6 is 0 Å². The molecular weight excluding hydrogens is 280 g/mol. The average Bonchev–Trinajstić information content (AvgIpc) is 2.48. The molecule has 0 bridgehead atoms. The summed E-state index contributed by atoms with van der Waals surface area (Å²) in [7, 11) is 1.51. The summed E-state index contributed by atoms with van der Waals surface area (Å²) in [6, 6.07) is 8.65. The molecule has 1 aliphatic heterocycles. The normalized spacial score (nSPS) is 15.0. The van der Waals surface area contributed by atoms with Crippen molar-refractivity contribution < 1.29 is 19.7 Å². The molecule has 0 spiro atoms. The first-order valence-electron chi connectivity index (χ1n) is 7.03. The first-order chi connectivity index (χ1) is 10.4. The summed E-state index contributed by atoms with van der Waals surface area (Å²) in [6.07, 6.45) is 3.89. The van der Waals surface area contributed by atoms with Crippen molar-refractivity contribution in [2.75, 3.05) is 7.11 Å². The zero-order valence-corrected chi connectivity index (χ0v) is 12.8. The van der Waals surface area contributed by atoms with Gasteiger partial charge in [0.1, 0.15) is 11.4 Å². The summed E-state index contributed by atoms with van der Waals surface area (Å²) in [6.45, 7) is 3.84. The lowest BCUT2D eigenvalue weighted by atomic mass is 9.93. The second-order valence-electron chi connectivity index (χ2n) is 5.80. The van der Waals surface area contributed by atoms with Gasteiger partial charge in [0.25, 0.3) is 0 Å². The Morgan fingerprint density at radius 1 is 1.09 bits per heavy atom. The van der Waals surface area contributed by atoms with Gasteiger partial charge >= 0.3 is 0 Å². The van der Waals surface area contributed by atoms with Crippen LogP contribution in [0, 0.1) is 0 Å². The Morgan fingerprint density at radius 3 is 2.41 bits per heavy atom. The summed E-state index contributed by atoms with van der Waals surface area (Å²) in [5.74, 6) is 0.969. The molecule has 3 rings (SSSR count). The maximum Gasteiger partial charge on any atom is 0.201 e. The van der Waals surface area contributed by atoms with Gasteiger partial charge in [0, 0.05) is 5.56 Å². The van der Waals surface area contributed by atoms with E-state index in [1.807, 2.05) is 38.1 Å². The van der Waals surface area contributed by atoms with E-state index < -0.39 is 5.60 Å². The predicted molar refractivity (Wildman–Crippen MR) is 85.5 cm³/mol. The smallest absolute Gasteiger partial charge is 0.201 e. The maximum atomic E-state index is 10.4. The van der Waals surface area contributed by atoms with Gasteiger partial charge in [-0.25, -0.2) is 0 Å². The predicted octanol–water partition coefficient (Wildman–Crippen LogP) is 3.96. The third kappa shape index (κ3) is 2.37. The molecule has 0 aliphatic carbocycles. The van der Waals surface area contributed by atoms with Gasteiger partial charge in [-0.3, -0.25) is 0 Å². The topological polar surface area (TPSA) is 58.9 Å². The van der Waals surface area contributed by atoms with Crippen LogP contribution in [0.1, 0.15) is 19.4 Å². The zero-order chi connectivity index (χ0) is 15.9. The number of phenolic OH excluding ortho intramolecular Hbond substituents is 2. The number of hydrogen-bond acceptors (Lipinski definition) is 4. The van der Waals surface area contributed by atoms with Crippen molar-refractivity contribution >= 4 is 6.08 Å². The highest BCUT2D eigenvalue weighted by atomic mass is 16.5. The summed E-state index contributed by atoms with van der Waals surface area (Å²) in [4.78, 5) is 0. The average molecular weight is 298 g/mol. The van der Waals surface area contributed by atoms with E-state index >= 15 is 0 Å².